The summed E-state index contributed by atoms with van der Waals surface area (Å²) in [5, 5.41) is 0. The van der Waals surface area contributed by atoms with Crippen LogP contribution in [0.2, 0.25) is 0 Å². The van der Waals surface area contributed by atoms with Crippen LogP contribution in [0.4, 0.5) is 0 Å². The molecule has 36 heavy (non-hydrogen) atoms. The molecule has 2 aromatic heterocycles. The van der Waals surface area contributed by atoms with Crippen LogP contribution in [0, 0.1) is 35.5 Å². The van der Waals surface area contributed by atoms with Crippen LogP contribution in [-0.4, -0.2) is 9.36 Å². The Kier molecular flexibility index (Phi) is 5.72. The van der Waals surface area contributed by atoms with Crippen molar-refractivity contribution in [3.63, 3.8) is 0 Å². The minimum absolute atomic E-state index is 0. The molecule has 8 bridgehead atoms. The third-order valence-electron chi connectivity index (χ3n) is 12.2. The molecule has 0 saturated heterocycles. The highest BCUT2D eigenvalue weighted by molar-refractivity contribution is 5.25. The first-order valence-electron chi connectivity index (χ1n) is 14.8. The van der Waals surface area contributed by atoms with E-state index in [1.165, 1.54) is 77.0 Å². The molecule has 0 amide bonds. The molecule has 9 aliphatic rings. The highest BCUT2D eigenvalue weighted by Crippen LogP contribution is 2.61. The van der Waals surface area contributed by atoms with Gasteiger partial charge in [0.2, 0.25) is 0 Å². The smallest absolute Gasteiger partial charge is 0.199 e. The predicted molar refractivity (Wildman–Crippen MR) is 129 cm³/mol. The van der Waals surface area contributed by atoms with Gasteiger partial charge in [0.1, 0.15) is 13.1 Å². The van der Waals surface area contributed by atoms with E-state index < -0.39 is 0 Å². The molecule has 0 radical (unpaired) electrons. The van der Waals surface area contributed by atoms with Crippen LogP contribution < -0.4 is 43.3 Å². The fraction of sp³-hybridized carbons (Fsp3) is 0.800. The largest absolute Gasteiger partial charge is 1.00 e. The van der Waals surface area contributed by atoms with Gasteiger partial charge in [-0.2, -0.15) is 9.36 Å². The topological polar surface area (TPSA) is 17.6 Å². The number of fused-ring (bicyclic) bond motifs is 2. The van der Waals surface area contributed by atoms with E-state index in [2.05, 4.69) is 43.5 Å². The van der Waals surface area contributed by atoms with Gasteiger partial charge in [0.25, 0.3) is 0 Å². The molecular formula is C30H42Br2N4. The molecule has 1 aliphatic heterocycles. The zero-order chi connectivity index (χ0) is 22.1. The van der Waals surface area contributed by atoms with Crippen molar-refractivity contribution in [1.82, 2.24) is 9.36 Å². The van der Waals surface area contributed by atoms with Crippen molar-refractivity contribution in [2.75, 3.05) is 0 Å². The number of nitrogens with zero attached hydrogens (tertiary/aromatic N) is 4. The zero-order valence-electron chi connectivity index (χ0n) is 21.6. The number of hydrogen-bond donors (Lipinski definition) is 0. The first-order chi connectivity index (χ1) is 16.6. The molecular weight excluding hydrogens is 576 g/mol. The number of rotatable bonds is 2. The minimum Gasteiger partial charge on any atom is -1.00 e. The van der Waals surface area contributed by atoms with Crippen molar-refractivity contribution in [1.29, 1.82) is 0 Å². The Bertz CT molecular complexity index is 958. The highest BCUT2D eigenvalue weighted by atomic mass is 79.9. The van der Waals surface area contributed by atoms with Crippen LogP contribution in [-0.2, 0) is 37.0 Å². The Morgan fingerprint density at radius 2 is 0.833 bits per heavy atom. The summed E-state index contributed by atoms with van der Waals surface area (Å²) in [6.07, 6.45) is 28.5. The van der Waals surface area contributed by atoms with Crippen LogP contribution >= 0.6 is 0 Å². The maximum atomic E-state index is 2.59. The van der Waals surface area contributed by atoms with Gasteiger partial charge < -0.3 is 34.0 Å². The van der Waals surface area contributed by atoms with Gasteiger partial charge in [0.05, 0.1) is 12.4 Å². The minimum atomic E-state index is 0. The molecule has 0 N–H and O–H groups in total. The van der Waals surface area contributed by atoms with Gasteiger partial charge >= 0.3 is 0 Å². The fourth-order valence-electron chi connectivity index (χ4n) is 11.7. The van der Waals surface area contributed by atoms with Gasteiger partial charge in [-0.1, -0.05) is 0 Å². The van der Waals surface area contributed by atoms with Crippen LogP contribution in [0.5, 0.6) is 0 Å². The molecule has 2 aromatic rings. The maximum absolute atomic E-state index is 2.59. The molecule has 6 heteroatoms. The Balaban J connectivity index is 0.00000110. The molecule has 8 saturated carbocycles. The quantitative estimate of drug-likeness (QED) is 0.366. The lowest BCUT2D eigenvalue weighted by Gasteiger charge is -2.56. The van der Waals surface area contributed by atoms with Crippen LogP contribution in [0.15, 0.2) is 24.8 Å². The van der Waals surface area contributed by atoms with Crippen molar-refractivity contribution >= 4 is 0 Å². The van der Waals surface area contributed by atoms with Crippen LogP contribution in [0.1, 0.15) is 88.2 Å². The van der Waals surface area contributed by atoms with E-state index in [1.807, 2.05) is 0 Å². The highest BCUT2D eigenvalue weighted by Gasteiger charge is 2.54. The molecule has 196 valence electrons. The van der Waals surface area contributed by atoms with Gasteiger partial charge in [0.15, 0.2) is 25.5 Å². The van der Waals surface area contributed by atoms with Crippen LogP contribution in [0.25, 0.3) is 0 Å². The van der Waals surface area contributed by atoms with Gasteiger partial charge in [-0.3, -0.25) is 0 Å². The van der Waals surface area contributed by atoms with E-state index in [0.717, 1.165) is 61.7 Å². The van der Waals surface area contributed by atoms with Crippen molar-refractivity contribution in [3.8, 4) is 0 Å². The molecule has 8 aliphatic carbocycles. The second kappa shape index (κ2) is 8.44. The van der Waals surface area contributed by atoms with E-state index in [-0.39, 0.29) is 34.0 Å². The molecule has 4 nitrogen and oxygen atoms in total. The second-order valence-corrected chi connectivity index (χ2v) is 14.5. The number of aryl methyl sites for hydroxylation is 4. The van der Waals surface area contributed by atoms with E-state index in [0.29, 0.717) is 10.8 Å². The lowest BCUT2D eigenvalue weighted by Crippen LogP contribution is -3.00. The van der Waals surface area contributed by atoms with E-state index in [1.54, 1.807) is 11.1 Å². The lowest BCUT2D eigenvalue weighted by atomic mass is 9.48. The van der Waals surface area contributed by atoms with E-state index in [9.17, 15) is 0 Å². The Labute approximate surface area is 237 Å². The summed E-state index contributed by atoms with van der Waals surface area (Å²) in [5.41, 5.74) is 4.42. The number of hydrogen-bond acceptors (Lipinski definition) is 0. The molecule has 0 spiro atoms. The third-order valence-corrected chi connectivity index (χ3v) is 12.2. The maximum Gasteiger partial charge on any atom is 0.199 e. The Hall–Kier alpha value is -0.620. The SMILES string of the molecule is [Br-].[Br-].c1c(C23CC4CC(CC(C4)C2)C3)c[n+]2n1CC[n+]1cc(C34CC5CC(CC(C5)C3)C4)cn1CC2. The number of aromatic nitrogens is 4. The Morgan fingerprint density at radius 1 is 0.528 bits per heavy atom. The number of halogens is 2. The first kappa shape index (κ1) is 24.4. The van der Waals surface area contributed by atoms with Crippen molar-refractivity contribution in [2.24, 2.45) is 35.5 Å². The van der Waals surface area contributed by atoms with E-state index >= 15 is 0 Å². The van der Waals surface area contributed by atoms with Gasteiger partial charge in [-0.25, -0.2) is 0 Å². The molecule has 11 rings (SSSR count). The summed E-state index contributed by atoms with van der Waals surface area (Å²) >= 11 is 0. The van der Waals surface area contributed by atoms with E-state index in [4.69, 9.17) is 0 Å². The van der Waals surface area contributed by atoms with Crippen molar-refractivity contribution in [2.45, 2.75) is 114 Å². The fourth-order valence-corrected chi connectivity index (χ4v) is 11.7. The zero-order valence-corrected chi connectivity index (χ0v) is 24.8. The van der Waals surface area contributed by atoms with Gasteiger partial charge in [-0.05, 0) is 113 Å². The normalized spacial score (nSPS) is 43.2. The first-order valence-corrected chi connectivity index (χ1v) is 14.8. The predicted octanol–water partition coefficient (Wildman–Crippen LogP) is -1.48. The van der Waals surface area contributed by atoms with Gasteiger partial charge in [-0.15, -0.1) is 9.36 Å². The summed E-state index contributed by atoms with van der Waals surface area (Å²) in [7, 11) is 0. The summed E-state index contributed by atoms with van der Waals surface area (Å²) in [4.78, 5) is 0. The molecule has 0 atom stereocenters. The second-order valence-electron chi connectivity index (χ2n) is 14.5. The molecule has 0 aromatic carbocycles. The lowest BCUT2D eigenvalue weighted by molar-refractivity contribution is -0.825. The monoisotopic (exact) mass is 616 g/mol. The summed E-state index contributed by atoms with van der Waals surface area (Å²) in [6.45, 7) is 4.45. The summed E-state index contributed by atoms with van der Waals surface area (Å²) in [5.74, 6) is 6.16. The average molecular weight is 619 g/mol. The third kappa shape index (κ3) is 3.54. The molecule has 0 unspecified atom stereocenters. The van der Waals surface area contributed by atoms with Crippen molar-refractivity contribution in [3.05, 3.63) is 35.9 Å². The molecule has 3 heterocycles. The Morgan fingerprint density at radius 3 is 1.14 bits per heavy atom. The molecule has 8 fully saturated rings. The average Bonchev–Trinajstić information content (AvgIpc) is 3.37. The summed E-state index contributed by atoms with van der Waals surface area (Å²) < 4.78 is 10.3. The summed E-state index contributed by atoms with van der Waals surface area (Å²) in [6, 6.07) is 0. The van der Waals surface area contributed by atoms with Crippen molar-refractivity contribution < 1.29 is 43.3 Å². The van der Waals surface area contributed by atoms with Crippen LogP contribution in [0.3, 0.4) is 0 Å². The standard InChI is InChI=1S/C30H42N4.2BrH/c1-2-32-18-28(30-14-24-8-25(15-30)10-26(9-24)16-30)20-34(32)4-3-33-19-27(17-31(1)33)29-11-21-5-22(12-29)7-23(6-21)13-29;;/h17-26H,1-16H2;2*1H/q+2;;/p-2. The van der Waals surface area contributed by atoms with Gasteiger partial charge in [0, 0.05) is 22.0 Å².